The molecule has 2 aromatic rings. The van der Waals surface area contributed by atoms with Gasteiger partial charge in [-0.25, -0.2) is 8.42 Å². The van der Waals surface area contributed by atoms with Crippen molar-refractivity contribution in [3.05, 3.63) is 60.2 Å². The summed E-state index contributed by atoms with van der Waals surface area (Å²) in [5.41, 5.74) is 2.10. The zero-order chi connectivity index (χ0) is 19.2. The number of benzene rings is 2. The molecule has 0 heterocycles. The van der Waals surface area contributed by atoms with Gasteiger partial charge in [-0.05, 0) is 43.7 Å². The maximum absolute atomic E-state index is 12.4. The van der Waals surface area contributed by atoms with Gasteiger partial charge in [0.1, 0.15) is 11.5 Å². The van der Waals surface area contributed by atoms with Gasteiger partial charge in [-0.3, -0.25) is 9.59 Å². The predicted molar refractivity (Wildman–Crippen MR) is 103 cm³/mol. The molecule has 0 saturated heterocycles. The fourth-order valence-corrected chi connectivity index (χ4v) is 3.65. The molecule has 0 radical (unpaired) electrons. The highest BCUT2D eigenvalue weighted by Gasteiger charge is 2.24. The third-order valence-corrected chi connectivity index (χ3v) is 5.07. The number of nitrogens with one attached hydrogen (secondary N) is 1. The van der Waals surface area contributed by atoms with Gasteiger partial charge in [0, 0.05) is 17.9 Å². The van der Waals surface area contributed by atoms with Gasteiger partial charge in [-0.2, -0.15) is 0 Å². The van der Waals surface area contributed by atoms with E-state index in [1.54, 1.807) is 49.4 Å². The van der Waals surface area contributed by atoms with Crippen molar-refractivity contribution in [2.75, 3.05) is 28.3 Å². The van der Waals surface area contributed by atoms with Crippen LogP contribution in [0.15, 0.2) is 54.6 Å². The molecule has 0 spiro atoms. The van der Waals surface area contributed by atoms with Crippen LogP contribution in [-0.4, -0.2) is 38.3 Å². The Hall–Kier alpha value is -2.67. The molecular formula is C19H22N2O4S. The van der Waals surface area contributed by atoms with E-state index >= 15 is 0 Å². The lowest BCUT2D eigenvalue weighted by Crippen LogP contribution is -2.37. The van der Waals surface area contributed by atoms with Gasteiger partial charge in [-0.1, -0.05) is 30.3 Å². The number of para-hydroxylation sites is 1. The van der Waals surface area contributed by atoms with Crippen molar-refractivity contribution in [1.29, 1.82) is 0 Å². The van der Waals surface area contributed by atoms with Gasteiger partial charge in [0.2, 0.25) is 11.8 Å². The second kappa shape index (κ2) is 8.62. The van der Waals surface area contributed by atoms with Gasteiger partial charge in [0.05, 0.1) is 0 Å². The summed E-state index contributed by atoms with van der Waals surface area (Å²) >= 11 is 0. The molecule has 2 amide bonds. The molecule has 0 atom stereocenters. The maximum atomic E-state index is 12.4. The van der Waals surface area contributed by atoms with Gasteiger partial charge < -0.3 is 10.2 Å². The van der Waals surface area contributed by atoms with E-state index in [1.165, 1.54) is 4.90 Å². The minimum absolute atomic E-state index is 0.341. The van der Waals surface area contributed by atoms with Crippen LogP contribution in [-0.2, 0) is 19.4 Å². The Morgan fingerprint density at radius 3 is 2.31 bits per heavy atom. The summed E-state index contributed by atoms with van der Waals surface area (Å²) in [5.74, 6) is -2.66. The van der Waals surface area contributed by atoms with Crippen molar-refractivity contribution >= 4 is 33.0 Å². The van der Waals surface area contributed by atoms with Crippen molar-refractivity contribution in [2.45, 2.75) is 13.8 Å². The number of carbonyl (C=O) groups is 2. The van der Waals surface area contributed by atoms with Crippen molar-refractivity contribution in [3.8, 4) is 0 Å². The SMILES string of the molecule is CCN(C(=O)CS(=O)(=O)CC(=O)Nc1cccc(C)c1)c1ccccc1. The van der Waals surface area contributed by atoms with E-state index in [-0.39, 0.29) is 0 Å². The van der Waals surface area contributed by atoms with E-state index in [0.29, 0.717) is 17.9 Å². The molecule has 26 heavy (non-hydrogen) atoms. The molecular weight excluding hydrogens is 352 g/mol. The molecule has 0 fully saturated rings. The monoisotopic (exact) mass is 374 g/mol. The lowest BCUT2D eigenvalue weighted by atomic mass is 10.2. The fourth-order valence-electron chi connectivity index (χ4n) is 2.55. The molecule has 0 saturated carbocycles. The average Bonchev–Trinajstić information content (AvgIpc) is 2.55. The lowest BCUT2D eigenvalue weighted by Gasteiger charge is -2.20. The first kappa shape index (κ1) is 19.7. The quantitative estimate of drug-likeness (QED) is 0.807. The van der Waals surface area contributed by atoms with Crippen LogP contribution < -0.4 is 10.2 Å². The molecule has 2 aromatic carbocycles. The molecule has 2 rings (SSSR count). The zero-order valence-electron chi connectivity index (χ0n) is 14.8. The standard InChI is InChI=1S/C19H22N2O4S/c1-3-21(17-10-5-4-6-11-17)19(23)14-26(24,25)13-18(22)20-16-9-7-8-15(2)12-16/h4-12H,3,13-14H2,1-2H3,(H,20,22). The summed E-state index contributed by atoms with van der Waals surface area (Å²) in [6.07, 6.45) is 0. The number of hydrogen-bond donors (Lipinski definition) is 1. The van der Waals surface area contributed by atoms with E-state index in [4.69, 9.17) is 0 Å². The Morgan fingerprint density at radius 1 is 1.00 bits per heavy atom. The number of aryl methyl sites for hydroxylation is 1. The minimum atomic E-state index is -3.88. The topological polar surface area (TPSA) is 83.6 Å². The van der Waals surface area contributed by atoms with Gasteiger partial charge in [0.15, 0.2) is 9.84 Å². The fraction of sp³-hybridized carbons (Fsp3) is 0.263. The smallest absolute Gasteiger partial charge is 0.242 e. The molecule has 0 aliphatic rings. The molecule has 0 bridgehead atoms. The first-order chi connectivity index (χ1) is 12.3. The summed E-state index contributed by atoms with van der Waals surface area (Å²) in [7, 11) is -3.88. The predicted octanol–water partition coefficient (Wildman–Crippen LogP) is 2.40. The maximum Gasteiger partial charge on any atom is 0.242 e. The highest BCUT2D eigenvalue weighted by atomic mass is 32.2. The molecule has 0 unspecified atom stereocenters. The summed E-state index contributed by atoms with van der Waals surface area (Å²) in [5, 5.41) is 2.54. The van der Waals surface area contributed by atoms with Crippen molar-refractivity contribution in [3.63, 3.8) is 0 Å². The zero-order valence-corrected chi connectivity index (χ0v) is 15.6. The first-order valence-electron chi connectivity index (χ1n) is 8.23. The average molecular weight is 374 g/mol. The Balaban J connectivity index is 2.00. The third kappa shape index (κ3) is 5.70. The van der Waals surface area contributed by atoms with Crippen LogP contribution >= 0.6 is 0 Å². The highest BCUT2D eigenvalue weighted by Crippen LogP contribution is 2.14. The number of hydrogen-bond acceptors (Lipinski definition) is 4. The van der Waals surface area contributed by atoms with Crippen LogP contribution in [0.5, 0.6) is 0 Å². The lowest BCUT2D eigenvalue weighted by molar-refractivity contribution is -0.116. The molecule has 1 N–H and O–H groups in total. The van der Waals surface area contributed by atoms with Crippen LogP contribution in [0.3, 0.4) is 0 Å². The summed E-state index contributed by atoms with van der Waals surface area (Å²) < 4.78 is 24.5. The highest BCUT2D eigenvalue weighted by molar-refractivity contribution is 7.92. The van der Waals surface area contributed by atoms with E-state index in [0.717, 1.165) is 5.56 Å². The Bertz CT molecular complexity index is 879. The van der Waals surface area contributed by atoms with Crippen LogP contribution in [0, 0.1) is 6.92 Å². The molecule has 7 heteroatoms. The summed E-state index contributed by atoms with van der Waals surface area (Å²) in [6.45, 7) is 3.98. The van der Waals surface area contributed by atoms with Crippen LogP contribution in [0.2, 0.25) is 0 Å². The number of carbonyl (C=O) groups excluding carboxylic acids is 2. The largest absolute Gasteiger partial charge is 0.325 e. The van der Waals surface area contributed by atoms with E-state index in [9.17, 15) is 18.0 Å². The number of anilines is 2. The third-order valence-electron chi connectivity index (χ3n) is 3.68. The van der Waals surface area contributed by atoms with Crippen LogP contribution in [0.25, 0.3) is 0 Å². The minimum Gasteiger partial charge on any atom is -0.325 e. The van der Waals surface area contributed by atoms with Gasteiger partial charge in [0.25, 0.3) is 0 Å². The molecule has 0 aliphatic carbocycles. The van der Waals surface area contributed by atoms with Gasteiger partial charge in [-0.15, -0.1) is 0 Å². The van der Waals surface area contributed by atoms with E-state index in [2.05, 4.69) is 5.32 Å². The number of amides is 2. The van der Waals surface area contributed by atoms with Crippen LogP contribution in [0.1, 0.15) is 12.5 Å². The molecule has 6 nitrogen and oxygen atoms in total. The normalized spacial score (nSPS) is 11.0. The number of sulfone groups is 1. The molecule has 138 valence electrons. The molecule has 0 aliphatic heterocycles. The Kier molecular flexibility index (Phi) is 6.52. The Labute approximate surface area is 153 Å². The van der Waals surface area contributed by atoms with E-state index in [1.807, 2.05) is 19.1 Å². The Morgan fingerprint density at radius 2 is 1.69 bits per heavy atom. The van der Waals surface area contributed by atoms with Crippen molar-refractivity contribution in [2.24, 2.45) is 0 Å². The number of rotatable bonds is 7. The first-order valence-corrected chi connectivity index (χ1v) is 10.1. The second-order valence-electron chi connectivity index (χ2n) is 5.92. The van der Waals surface area contributed by atoms with E-state index < -0.39 is 33.2 Å². The molecule has 0 aromatic heterocycles. The van der Waals surface area contributed by atoms with Crippen molar-refractivity contribution in [1.82, 2.24) is 0 Å². The van der Waals surface area contributed by atoms with Gasteiger partial charge >= 0.3 is 0 Å². The second-order valence-corrected chi connectivity index (χ2v) is 7.99. The summed E-state index contributed by atoms with van der Waals surface area (Å²) in [4.78, 5) is 25.8. The van der Waals surface area contributed by atoms with Crippen LogP contribution in [0.4, 0.5) is 11.4 Å². The van der Waals surface area contributed by atoms with Crippen molar-refractivity contribution < 1.29 is 18.0 Å². The summed E-state index contributed by atoms with van der Waals surface area (Å²) in [6, 6.07) is 15.9. The number of nitrogens with zero attached hydrogens (tertiary/aromatic N) is 1.